The number of carbonyl (C=O) groups is 2. The van der Waals surface area contributed by atoms with Gasteiger partial charge in [0, 0.05) is 13.7 Å². The SMILES string of the molecule is COC(C)CN1C(=O)CNC(=O)C1(C)c1ccccc1. The lowest BCUT2D eigenvalue weighted by Gasteiger charge is -2.44. The second-order valence-electron chi connectivity index (χ2n) is 5.17. The number of methoxy groups -OCH3 is 1. The number of nitrogens with zero attached hydrogens (tertiary/aromatic N) is 1. The third kappa shape index (κ3) is 2.41. The van der Waals surface area contributed by atoms with E-state index in [0.717, 1.165) is 5.56 Å². The van der Waals surface area contributed by atoms with Gasteiger partial charge in [-0.25, -0.2) is 0 Å². The first-order valence-electron chi connectivity index (χ1n) is 6.67. The van der Waals surface area contributed by atoms with Gasteiger partial charge < -0.3 is 15.0 Å². The van der Waals surface area contributed by atoms with E-state index in [-0.39, 0.29) is 24.5 Å². The summed E-state index contributed by atoms with van der Waals surface area (Å²) in [6, 6.07) is 9.35. The molecule has 1 N–H and O–H groups in total. The molecule has 20 heavy (non-hydrogen) atoms. The third-order valence-electron chi connectivity index (χ3n) is 3.86. The van der Waals surface area contributed by atoms with Gasteiger partial charge in [-0.2, -0.15) is 0 Å². The Kier molecular flexibility index (Phi) is 4.09. The summed E-state index contributed by atoms with van der Waals surface area (Å²) in [7, 11) is 1.60. The third-order valence-corrected chi connectivity index (χ3v) is 3.86. The van der Waals surface area contributed by atoms with Crippen LogP contribution in [0.2, 0.25) is 0 Å². The highest BCUT2D eigenvalue weighted by Crippen LogP contribution is 2.31. The number of piperazine rings is 1. The van der Waals surface area contributed by atoms with Crippen molar-refractivity contribution < 1.29 is 14.3 Å². The van der Waals surface area contributed by atoms with E-state index in [0.29, 0.717) is 6.54 Å². The first kappa shape index (κ1) is 14.5. The van der Waals surface area contributed by atoms with E-state index in [1.165, 1.54) is 0 Å². The fraction of sp³-hybridized carbons (Fsp3) is 0.467. The monoisotopic (exact) mass is 276 g/mol. The molecule has 2 unspecified atom stereocenters. The molecule has 0 radical (unpaired) electrons. The fourth-order valence-electron chi connectivity index (χ4n) is 2.46. The van der Waals surface area contributed by atoms with Gasteiger partial charge in [-0.05, 0) is 19.4 Å². The van der Waals surface area contributed by atoms with Gasteiger partial charge in [-0.15, -0.1) is 0 Å². The van der Waals surface area contributed by atoms with Crippen molar-refractivity contribution in [1.29, 1.82) is 0 Å². The minimum Gasteiger partial charge on any atom is -0.380 e. The van der Waals surface area contributed by atoms with E-state index < -0.39 is 5.54 Å². The van der Waals surface area contributed by atoms with Crippen LogP contribution in [0.5, 0.6) is 0 Å². The van der Waals surface area contributed by atoms with Crippen molar-refractivity contribution in [1.82, 2.24) is 10.2 Å². The Balaban J connectivity index is 2.42. The summed E-state index contributed by atoms with van der Waals surface area (Å²) in [6.45, 7) is 4.08. The van der Waals surface area contributed by atoms with Crippen molar-refractivity contribution in [2.75, 3.05) is 20.2 Å². The number of rotatable bonds is 4. The average molecular weight is 276 g/mol. The van der Waals surface area contributed by atoms with Crippen LogP contribution in [0.4, 0.5) is 0 Å². The Morgan fingerprint density at radius 3 is 2.60 bits per heavy atom. The number of hydrogen-bond acceptors (Lipinski definition) is 3. The standard InChI is InChI=1S/C15H20N2O3/c1-11(20-3)10-17-13(18)9-16-14(19)15(17,2)12-7-5-4-6-8-12/h4-8,11H,9-10H2,1-3H3,(H,16,19). The number of benzene rings is 1. The van der Waals surface area contributed by atoms with Gasteiger partial charge in [0.15, 0.2) is 0 Å². The van der Waals surface area contributed by atoms with Crippen LogP contribution < -0.4 is 5.32 Å². The van der Waals surface area contributed by atoms with Crippen LogP contribution in [-0.2, 0) is 19.9 Å². The summed E-state index contributed by atoms with van der Waals surface area (Å²) >= 11 is 0. The predicted molar refractivity (Wildman–Crippen MR) is 75.0 cm³/mol. The zero-order chi connectivity index (χ0) is 14.8. The summed E-state index contributed by atoms with van der Waals surface area (Å²) in [4.78, 5) is 26.2. The second kappa shape index (κ2) is 5.63. The smallest absolute Gasteiger partial charge is 0.250 e. The zero-order valence-electron chi connectivity index (χ0n) is 12.1. The number of amides is 2. The Hall–Kier alpha value is -1.88. The van der Waals surface area contributed by atoms with Gasteiger partial charge in [-0.1, -0.05) is 30.3 Å². The van der Waals surface area contributed by atoms with Crippen LogP contribution in [-0.4, -0.2) is 43.0 Å². The molecule has 0 aliphatic carbocycles. The van der Waals surface area contributed by atoms with Crippen molar-refractivity contribution in [2.45, 2.75) is 25.5 Å². The summed E-state index contributed by atoms with van der Waals surface area (Å²) in [5.74, 6) is -0.258. The number of hydrogen-bond donors (Lipinski definition) is 1. The Morgan fingerprint density at radius 1 is 1.35 bits per heavy atom. The number of ether oxygens (including phenoxy) is 1. The molecule has 1 aromatic rings. The van der Waals surface area contributed by atoms with Crippen LogP contribution in [0.15, 0.2) is 30.3 Å². The maximum Gasteiger partial charge on any atom is 0.250 e. The molecule has 2 rings (SSSR count). The first-order chi connectivity index (χ1) is 9.50. The number of carbonyl (C=O) groups excluding carboxylic acids is 2. The quantitative estimate of drug-likeness (QED) is 0.888. The Morgan fingerprint density at radius 2 is 2.00 bits per heavy atom. The normalized spacial score (nSPS) is 24.4. The van der Waals surface area contributed by atoms with Gasteiger partial charge in [-0.3, -0.25) is 9.59 Å². The minimum absolute atomic E-state index is 0.0394. The van der Waals surface area contributed by atoms with Crippen LogP contribution in [0.1, 0.15) is 19.4 Å². The topological polar surface area (TPSA) is 58.6 Å². The molecule has 1 fully saturated rings. The van der Waals surface area contributed by atoms with Crippen molar-refractivity contribution in [3.8, 4) is 0 Å². The van der Waals surface area contributed by atoms with Gasteiger partial charge in [0.05, 0.1) is 12.6 Å². The van der Waals surface area contributed by atoms with Crippen LogP contribution in [0.25, 0.3) is 0 Å². The molecule has 0 saturated carbocycles. The highest BCUT2D eigenvalue weighted by Gasteiger charge is 2.47. The second-order valence-corrected chi connectivity index (χ2v) is 5.17. The lowest BCUT2D eigenvalue weighted by Crippen LogP contribution is -2.65. The lowest BCUT2D eigenvalue weighted by atomic mass is 9.87. The first-order valence-corrected chi connectivity index (χ1v) is 6.67. The molecular formula is C15H20N2O3. The molecule has 0 bridgehead atoms. The summed E-state index contributed by atoms with van der Waals surface area (Å²) in [5.41, 5.74) is -0.197. The van der Waals surface area contributed by atoms with E-state index in [9.17, 15) is 9.59 Å². The lowest BCUT2D eigenvalue weighted by molar-refractivity contribution is -0.155. The maximum absolute atomic E-state index is 12.4. The van der Waals surface area contributed by atoms with Gasteiger partial charge in [0.2, 0.25) is 5.91 Å². The van der Waals surface area contributed by atoms with Crippen molar-refractivity contribution in [3.05, 3.63) is 35.9 Å². The van der Waals surface area contributed by atoms with E-state index in [2.05, 4.69) is 5.32 Å². The molecule has 2 atom stereocenters. The molecule has 1 heterocycles. The summed E-state index contributed by atoms with van der Waals surface area (Å²) in [6.07, 6.45) is -0.132. The van der Waals surface area contributed by atoms with Gasteiger partial charge in [0.25, 0.3) is 5.91 Å². The molecule has 1 aliphatic heterocycles. The van der Waals surface area contributed by atoms with Crippen LogP contribution >= 0.6 is 0 Å². The highest BCUT2D eigenvalue weighted by atomic mass is 16.5. The van der Waals surface area contributed by atoms with Crippen LogP contribution in [0.3, 0.4) is 0 Å². The van der Waals surface area contributed by atoms with Gasteiger partial charge >= 0.3 is 0 Å². The molecule has 2 amide bonds. The summed E-state index contributed by atoms with van der Waals surface area (Å²) < 4.78 is 5.24. The predicted octanol–water partition coefficient (Wildman–Crippen LogP) is 0.895. The molecule has 5 heteroatoms. The molecule has 0 spiro atoms. The Bertz CT molecular complexity index is 503. The van der Waals surface area contributed by atoms with Crippen LogP contribution in [0, 0.1) is 0 Å². The van der Waals surface area contributed by atoms with E-state index in [1.807, 2.05) is 37.3 Å². The van der Waals surface area contributed by atoms with E-state index in [4.69, 9.17) is 4.74 Å². The van der Waals surface area contributed by atoms with E-state index >= 15 is 0 Å². The molecule has 0 aromatic heterocycles. The zero-order valence-corrected chi connectivity index (χ0v) is 12.1. The molecule has 1 aliphatic rings. The van der Waals surface area contributed by atoms with Crippen molar-refractivity contribution >= 4 is 11.8 Å². The summed E-state index contributed by atoms with van der Waals surface area (Å²) in [5, 5.41) is 2.67. The molecule has 1 saturated heterocycles. The molecule has 1 aromatic carbocycles. The molecule has 108 valence electrons. The van der Waals surface area contributed by atoms with Crippen molar-refractivity contribution in [2.24, 2.45) is 0 Å². The molecular weight excluding hydrogens is 256 g/mol. The largest absolute Gasteiger partial charge is 0.380 e. The Labute approximate surface area is 118 Å². The minimum atomic E-state index is -0.997. The van der Waals surface area contributed by atoms with E-state index in [1.54, 1.807) is 18.9 Å². The fourth-order valence-corrected chi connectivity index (χ4v) is 2.46. The number of nitrogens with one attached hydrogen (secondary N) is 1. The van der Waals surface area contributed by atoms with Crippen molar-refractivity contribution in [3.63, 3.8) is 0 Å². The maximum atomic E-state index is 12.4. The molecule has 5 nitrogen and oxygen atoms in total. The highest BCUT2D eigenvalue weighted by molar-refractivity contribution is 5.98. The average Bonchev–Trinajstić information content (AvgIpc) is 2.48. The van der Waals surface area contributed by atoms with Gasteiger partial charge in [0.1, 0.15) is 5.54 Å².